The van der Waals surface area contributed by atoms with Crippen LogP contribution in [0.2, 0.25) is 0 Å². The summed E-state index contributed by atoms with van der Waals surface area (Å²) in [6, 6.07) is 0. The van der Waals surface area contributed by atoms with Gasteiger partial charge in [0.15, 0.2) is 0 Å². The summed E-state index contributed by atoms with van der Waals surface area (Å²) in [7, 11) is 0. The first kappa shape index (κ1) is 24.5. The van der Waals surface area contributed by atoms with Crippen LogP contribution in [0.15, 0.2) is 0 Å². The van der Waals surface area contributed by atoms with E-state index >= 15 is 0 Å². The van der Waals surface area contributed by atoms with Crippen molar-refractivity contribution in [2.24, 2.45) is 39.9 Å². The summed E-state index contributed by atoms with van der Waals surface area (Å²) in [5, 5.41) is 0. The van der Waals surface area contributed by atoms with E-state index in [1.807, 2.05) is 0 Å². The highest BCUT2D eigenvalue weighted by Gasteiger charge is 2.70. The molecule has 1 heterocycles. The Kier molecular flexibility index (Phi) is 6.12. The number of hydrogen-bond acceptors (Lipinski definition) is 7. The molecule has 4 rings (SSSR count). The number of ether oxygens (including phenoxy) is 4. The summed E-state index contributed by atoms with van der Waals surface area (Å²) < 4.78 is 23.2. The zero-order valence-corrected chi connectivity index (χ0v) is 21.1. The fraction of sp³-hybridized carbons (Fsp3) is 0.885. The van der Waals surface area contributed by atoms with Crippen molar-refractivity contribution in [2.75, 3.05) is 0 Å². The van der Waals surface area contributed by atoms with Crippen molar-refractivity contribution in [3.63, 3.8) is 0 Å². The molecule has 186 valence electrons. The molecule has 0 amide bonds. The molecule has 33 heavy (non-hydrogen) atoms. The SMILES string of the molecule is CC(=O)O[C@@H]1O[C@H](OC(C)=O)[C@@H]2[C@H]1[C@@H](OC(C)=O)C[C@H]1[C@@]2(C)CC[C@@H]2C(C)(C)CCC[C@]12C. The second kappa shape index (κ2) is 8.24. The second-order valence-corrected chi connectivity index (χ2v) is 12.1. The maximum Gasteiger partial charge on any atom is 0.304 e. The third-order valence-electron chi connectivity index (χ3n) is 9.67. The van der Waals surface area contributed by atoms with Gasteiger partial charge in [-0.1, -0.05) is 34.1 Å². The third kappa shape index (κ3) is 3.98. The molecule has 1 aliphatic heterocycles. The van der Waals surface area contributed by atoms with Crippen molar-refractivity contribution in [3.8, 4) is 0 Å². The fourth-order valence-electron chi connectivity index (χ4n) is 8.70. The molecule has 4 aliphatic rings. The van der Waals surface area contributed by atoms with Gasteiger partial charge in [-0.2, -0.15) is 0 Å². The molecular formula is C26H40O7. The summed E-state index contributed by atoms with van der Waals surface area (Å²) in [4.78, 5) is 36.0. The molecule has 3 saturated carbocycles. The van der Waals surface area contributed by atoms with E-state index in [1.54, 1.807) is 0 Å². The van der Waals surface area contributed by atoms with Crippen LogP contribution in [-0.2, 0) is 33.3 Å². The van der Waals surface area contributed by atoms with Gasteiger partial charge < -0.3 is 18.9 Å². The Labute approximate surface area is 197 Å². The monoisotopic (exact) mass is 464 g/mol. The number of fused-ring (bicyclic) bond motifs is 5. The molecule has 1 saturated heterocycles. The van der Waals surface area contributed by atoms with Crippen molar-refractivity contribution in [2.45, 2.75) is 106 Å². The molecular weight excluding hydrogens is 424 g/mol. The van der Waals surface area contributed by atoms with Crippen LogP contribution in [0.4, 0.5) is 0 Å². The van der Waals surface area contributed by atoms with E-state index in [4.69, 9.17) is 18.9 Å². The second-order valence-electron chi connectivity index (χ2n) is 12.1. The smallest absolute Gasteiger partial charge is 0.304 e. The summed E-state index contributed by atoms with van der Waals surface area (Å²) in [6.07, 6.45) is 4.11. The average Bonchev–Trinajstić information content (AvgIpc) is 3.00. The van der Waals surface area contributed by atoms with Crippen molar-refractivity contribution in [1.82, 2.24) is 0 Å². The minimum atomic E-state index is -0.910. The molecule has 3 aliphatic carbocycles. The maximum absolute atomic E-state index is 12.1. The maximum atomic E-state index is 12.1. The van der Waals surface area contributed by atoms with E-state index in [0.717, 1.165) is 19.3 Å². The molecule has 0 bridgehead atoms. The highest BCUT2D eigenvalue weighted by atomic mass is 16.8. The lowest BCUT2D eigenvalue weighted by Crippen LogP contribution is -2.63. The standard InChI is InChI=1S/C26H40O7/c1-14(27)30-17-13-19-25(6)11-8-10-24(4,5)18(25)9-12-26(19,7)21-20(17)22(31-15(2)28)33-23(21)32-16(3)29/h17-23H,8-13H2,1-7H3/t17-,18+,19+,20+,21-,22+,23-,25-,26+/m0/s1. The lowest BCUT2D eigenvalue weighted by Gasteiger charge is -2.66. The molecule has 0 N–H and O–H groups in total. The highest BCUT2D eigenvalue weighted by molar-refractivity contribution is 5.67. The van der Waals surface area contributed by atoms with Gasteiger partial charge in [0.1, 0.15) is 6.10 Å². The predicted octanol–water partition coefficient (Wildman–Crippen LogP) is 4.61. The van der Waals surface area contributed by atoms with Crippen LogP contribution in [-0.4, -0.2) is 36.6 Å². The Morgan fingerprint density at radius 3 is 1.97 bits per heavy atom. The van der Waals surface area contributed by atoms with Crippen LogP contribution in [0.3, 0.4) is 0 Å². The lowest BCUT2D eigenvalue weighted by molar-refractivity contribution is -0.228. The minimum absolute atomic E-state index is 0.0818. The fourth-order valence-corrected chi connectivity index (χ4v) is 8.70. The van der Waals surface area contributed by atoms with Crippen molar-refractivity contribution < 1.29 is 33.3 Å². The Morgan fingerprint density at radius 1 is 0.758 bits per heavy atom. The van der Waals surface area contributed by atoms with Gasteiger partial charge in [0.25, 0.3) is 0 Å². The molecule has 4 fully saturated rings. The number of esters is 3. The van der Waals surface area contributed by atoms with E-state index in [1.165, 1.54) is 33.6 Å². The number of carbonyl (C=O) groups excluding carboxylic acids is 3. The number of hydrogen-bond donors (Lipinski definition) is 0. The van der Waals surface area contributed by atoms with Gasteiger partial charge in [-0.25, -0.2) is 0 Å². The Balaban J connectivity index is 1.80. The van der Waals surface area contributed by atoms with Crippen LogP contribution in [0.25, 0.3) is 0 Å². The van der Waals surface area contributed by atoms with Gasteiger partial charge in [0.05, 0.1) is 5.92 Å². The molecule has 0 aromatic rings. The molecule has 0 radical (unpaired) electrons. The summed E-state index contributed by atoms with van der Waals surface area (Å²) in [5.41, 5.74) is 0.136. The van der Waals surface area contributed by atoms with Crippen molar-refractivity contribution in [3.05, 3.63) is 0 Å². The van der Waals surface area contributed by atoms with E-state index in [9.17, 15) is 14.4 Å². The first-order valence-electron chi connectivity index (χ1n) is 12.5. The van der Waals surface area contributed by atoms with E-state index in [0.29, 0.717) is 12.3 Å². The largest absolute Gasteiger partial charge is 0.462 e. The normalized spacial score (nSPS) is 45.7. The zero-order valence-electron chi connectivity index (χ0n) is 21.1. The average molecular weight is 465 g/mol. The van der Waals surface area contributed by atoms with Crippen molar-refractivity contribution >= 4 is 17.9 Å². The van der Waals surface area contributed by atoms with Crippen LogP contribution in [0, 0.1) is 39.9 Å². The minimum Gasteiger partial charge on any atom is -0.462 e. The molecule has 0 aromatic heterocycles. The van der Waals surface area contributed by atoms with Crippen LogP contribution in [0.5, 0.6) is 0 Å². The summed E-state index contributed by atoms with van der Waals surface area (Å²) >= 11 is 0. The number of carbonyl (C=O) groups is 3. The topological polar surface area (TPSA) is 88.1 Å². The van der Waals surface area contributed by atoms with Gasteiger partial charge in [0.2, 0.25) is 12.6 Å². The summed E-state index contributed by atoms with van der Waals surface area (Å²) in [6.45, 7) is 13.6. The van der Waals surface area contributed by atoms with E-state index in [2.05, 4.69) is 27.7 Å². The zero-order chi connectivity index (χ0) is 24.3. The molecule has 7 heteroatoms. The van der Waals surface area contributed by atoms with Crippen LogP contribution in [0.1, 0.15) is 87.0 Å². The molecule has 7 nitrogen and oxygen atoms in total. The van der Waals surface area contributed by atoms with Crippen LogP contribution >= 0.6 is 0 Å². The lowest BCUT2D eigenvalue weighted by atomic mass is 9.38. The Morgan fingerprint density at radius 2 is 1.36 bits per heavy atom. The number of rotatable bonds is 3. The van der Waals surface area contributed by atoms with Gasteiger partial charge in [0, 0.05) is 26.7 Å². The first-order valence-corrected chi connectivity index (χ1v) is 12.5. The Bertz CT molecular complexity index is 821. The van der Waals surface area contributed by atoms with Gasteiger partial charge >= 0.3 is 17.9 Å². The van der Waals surface area contributed by atoms with Crippen molar-refractivity contribution in [1.29, 1.82) is 0 Å². The molecule has 0 unspecified atom stereocenters. The van der Waals surface area contributed by atoms with Gasteiger partial charge in [-0.15, -0.1) is 0 Å². The van der Waals surface area contributed by atoms with Crippen LogP contribution < -0.4 is 0 Å². The molecule has 0 spiro atoms. The molecule has 0 aromatic carbocycles. The third-order valence-corrected chi connectivity index (χ3v) is 9.67. The first-order chi connectivity index (χ1) is 15.3. The van der Waals surface area contributed by atoms with Gasteiger partial charge in [-0.3, -0.25) is 14.4 Å². The predicted molar refractivity (Wildman–Crippen MR) is 119 cm³/mol. The Hall–Kier alpha value is -1.63. The highest BCUT2D eigenvalue weighted by Crippen LogP contribution is 2.71. The van der Waals surface area contributed by atoms with E-state index in [-0.39, 0.29) is 40.0 Å². The quantitative estimate of drug-likeness (QED) is 0.445. The van der Waals surface area contributed by atoms with Gasteiger partial charge in [-0.05, 0) is 60.2 Å². The summed E-state index contributed by atoms with van der Waals surface area (Å²) in [5.74, 6) is -1.02. The molecule has 9 atom stereocenters. The van der Waals surface area contributed by atoms with E-state index < -0.39 is 30.6 Å².